The normalized spacial score (nSPS) is 19.8. The number of aryl methyl sites for hydroxylation is 2. The number of hydrogen-bond donors (Lipinski definition) is 1. The summed E-state index contributed by atoms with van der Waals surface area (Å²) in [4.78, 5) is 1.54. The molecule has 2 rings (SSSR count). The van der Waals surface area contributed by atoms with Crippen molar-refractivity contribution in [2.45, 2.75) is 51.0 Å². The maximum absolute atomic E-state index is 3.72. The van der Waals surface area contributed by atoms with Gasteiger partial charge in [-0.05, 0) is 62.1 Å². The molecule has 0 aromatic heterocycles. The van der Waals surface area contributed by atoms with Crippen LogP contribution in [0.4, 0.5) is 0 Å². The summed E-state index contributed by atoms with van der Waals surface area (Å²) in [7, 11) is 0. The molecule has 1 aliphatic heterocycles. The average molecular weight is 249 g/mol. The zero-order valence-corrected chi connectivity index (χ0v) is 12.0. The number of thioether (sulfide) groups is 1. The van der Waals surface area contributed by atoms with Crippen molar-refractivity contribution in [2.24, 2.45) is 0 Å². The van der Waals surface area contributed by atoms with Crippen LogP contribution in [-0.2, 0) is 0 Å². The molecule has 1 aliphatic rings. The highest BCUT2D eigenvalue weighted by atomic mass is 32.2. The van der Waals surface area contributed by atoms with E-state index in [2.05, 4.69) is 38.2 Å². The fourth-order valence-corrected chi connectivity index (χ4v) is 3.83. The van der Waals surface area contributed by atoms with Gasteiger partial charge >= 0.3 is 0 Å². The van der Waals surface area contributed by atoms with Crippen LogP contribution in [0.15, 0.2) is 17.0 Å². The van der Waals surface area contributed by atoms with E-state index < -0.39 is 0 Å². The van der Waals surface area contributed by atoms with Gasteiger partial charge in [0.25, 0.3) is 0 Å². The summed E-state index contributed by atoms with van der Waals surface area (Å²) in [6.45, 7) is 7.86. The lowest BCUT2D eigenvalue weighted by molar-refractivity contribution is 0.491. The first-order valence-electron chi connectivity index (χ1n) is 6.70. The zero-order valence-electron chi connectivity index (χ0n) is 11.2. The summed E-state index contributed by atoms with van der Waals surface area (Å²) < 4.78 is 0. The van der Waals surface area contributed by atoms with Crippen molar-refractivity contribution in [3.63, 3.8) is 0 Å². The van der Waals surface area contributed by atoms with Gasteiger partial charge < -0.3 is 5.32 Å². The van der Waals surface area contributed by atoms with Crippen molar-refractivity contribution in [3.05, 3.63) is 28.8 Å². The zero-order chi connectivity index (χ0) is 12.3. The minimum atomic E-state index is 0.569. The standard InChI is InChI=1S/C15H23NS/c1-4-9-16-13-6-5-10-17-15-12(3)8-7-11(2)14(13)15/h7-8,13,16H,4-6,9-10H2,1-3H3. The Bertz CT molecular complexity index is 387. The van der Waals surface area contributed by atoms with E-state index in [9.17, 15) is 0 Å². The van der Waals surface area contributed by atoms with Crippen molar-refractivity contribution >= 4 is 11.8 Å². The lowest BCUT2D eigenvalue weighted by atomic mass is 9.95. The third-order valence-electron chi connectivity index (χ3n) is 3.48. The number of rotatable bonds is 3. The molecule has 0 radical (unpaired) electrons. The molecule has 1 unspecified atom stereocenters. The molecule has 0 spiro atoms. The van der Waals surface area contributed by atoms with Gasteiger partial charge in [-0.15, -0.1) is 11.8 Å². The van der Waals surface area contributed by atoms with Crippen LogP contribution in [0.25, 0.3) is 0 Å². The first-order valence-corrected chi connectivity index (χ1v) is 7.69. The van der Waals surface area contributed by atoms with Crippen LogP contribution >= 0.6 is 11.8 Å². The Morgan fingerprint density at radius 2 is 2.06 bits per heavy atom. The van der Waals surface area contributed by atoms with Crippen LogP contribution in [0.5, 0.6) is 0 Å². The minimum Gasteiger partial charge on any atom is -0.310 e. The van der Waals surface area contributed by atoms with Crippen LogP contribution in [-0.4, -0.2) is 12.3 Å². The topological polar surface area (TPSA) is 12.0 Å². The van der Waals surface area contributed by atoms with Gasteiger partial charge in [-0.1, -0.05) is 19.1 Å². The lowest BCUT2D eigenvalue weighted by Crippen LogP contribution is -2.23. The molecule has 1 N–H and O–H groups in total. The second-order valence-corrected chi connectivity index (χ2v) is 6.04. The van der Waals surface area contributed by atoms with Gasteiger partial charge in [0.05, 0.1) is 0 Å². The van der Waals surface area contributed by atoms with E-state index >= 15 is 0 Å². The van der Waals surface area contributed by atoms with Crippen molar-refractivity contribution in [3.8, 4) is 0 Å². The Hall–Kier alpha value is -0.470. The lowest BCUT2D eigenvalue weighted by Gasteiger charge is -2.22. The number of fused-ring (bicyclic) bond motifs is 1. The Morgan fingerprint density at radius 3 is 2.82 bits per heavy atom. The highest BCUT2D eigenvalue weighted by molar-refractivity contribution is 7.99. The molecule has 2 heteroatoms. The SMILES string of the molecule is CCCNC1CCCSc2c(C)ccc(C)c21. The summed E-state index contributed by atoms with van der Waals surface area (Å²) in [6, 6.07) is 5.11. The van der Waals surface area contributed by atoms with E-state index in [0.29, 0.717) is 6.04 Å². The van der Waals surface area contributed by atoms with Crippen LogP contribution in [0.1, 0.15) is 48.9 Å². The molecule has 0 saturated heterocycles. The molecule has 1 aromatic carbocycles. The quantitative estimate of drug-likeness (QED) is 0.860. The Kier molecular flexibility index (Phi) is 4.52. The second kappa shape index (κ2) is 5.92. The van der Waals surface area contributed by atoms with E-state index in [1.54, 1.807) is 5.56 Å². The average Bonchev–Trinajstić information content (AvgIpc) is 2.54. The van der Waals surface area contributed by atoms with Crippen LogP contribution in [0, 0.1) is 13.8 Å². The molecule has 1 nitrogen and oxygen atoms in total. The molecule has 0 amide bonds. The maximum atomic E-state index is 3.72. The largest absolute Gasteiger partial charge is 0.310 e. The third kappa shape index (κ3) is 2.86. The van der Waals surface area contributed by atoms with E-state index in [-0.39, 0.29) is 0 Å². The molecule has 0 fully saturated rings. The molecule has 0 aliphatic carbocycles. The molecule has 1 atom stereocenters. The van der Waals surface area contributed by atoms with E-state index in [1.165, 1.54) is 41.0 Å². The number of nitrogens with one attached hydrogen (secondary N) is 1. The molecule has 17 heavy (non-hydrogen) atoms. The fourth-order valence-electron chi connectivity index (χ4n) is 2.56. The van der Waals surface area contributed by atoms with Gasteiger partial charge in [0.15, 0.2) is 0 Å². The van der Waals surface area contributed by atoms with Gasteiger partial charge in [-0.2, -0.15) is 0 Å². The van der Waals surface area contributed by atoms with Gasteiger partial charge in [-0.3, -0.25) is 0 Å². The van der Waals surface area contributed by atoms with Crippen LogP contribution in [0.2, 0.25) is 0 Å². The van der Waals surface area contributed by atoms with Crippen LogP contribution < -0.4 is 5.32 Å². The summed E-state index contributed by atoms with van der Waals surface area (Å²) in [5.41, 5.74) is 4.47. The molecular weight excluding hydrogens is 226 g/mol. The van der Waals surface area contributed by atoms with Crippen molar-refractivity contribution in [1.82, 2.24) is 5.32 Å². The van der Waals surface area contributed by atoms with E-state index in [0.717, 1.165) is 6.54 Å². The number of hydrogen-bond acceptors (Lipinski definition) is 2. The number of benzene rings is 1. The molecule has 94 valence electrons. The summed E-state index contributed by atoms with van der Waals surface area (Å²) in [5, 5.41) is 3.72. The van der Waals surface area contributed by atoms with Gasteiger partial charge in [-0.25, -0.2) is 0 Å². The van der Waals surface area contributed by atoms with E-state index in [4.69, 9.17) is 0 Å². The predicted molar refractivity (Wildman–Crippen MR) is 76.9 cm³/mol. The summed E-state index contributed by atoms with van der Waals surface area (Å²) >= 11 is 2.05. The van der Waals surface area contributed by atoms with Gasteiger partial charge in [0.1, 0.15) is 0 Å². The van der Waals surface area contributed by atoms with Crippen molar-refractivity contribution < 1.29 is 0 Å². The Balaban J connectivity index is 2.36. The van der Waals surface area contributed by atoms with Crippen molar-refractivity contribution in [1.29, 1.82) is 0 Å². The first kappa shape index (κ1) is 13.0. The first-order chi connectivity index (χ1) is 8.24. The van der Waals surface area contributed by atoms with Gasteiger partial charge in [0, 0.05) is 10.9 Å². The summed E-state index contributed by atoms with van der Waals surface area (Å²) in [6.07, 6.45) is 3.81. The second-order valence-electron chi connectivity index (χ2n) is 4.94. The minimum absolute atomic E-state index is 0.569. The Morgan fingerprint density at radius 1 is 1.29 bits per heavy atom. The maximum Gasteiger partial charge on any atom is 0.0334 e. The Labute approximate surface area is 109 Å². The third-order valence-corrected chi connectivity index (χ3v) is 4.81. The smallest absolute Gasteiger partial charge is 0.0334 e. The monoisotopic (exact) mass is 249 g/mol. The molecule has 1 heterocycles. The van der Waals surface area contributed by atoms with Crippen molar-refractivity contribution in [2.75, 3.05) is 12.3 Å². The fraction of sp³-hybridized carbons (Fsp3) is 0.600. The molecule has 1 aromatic rings. The van der Waals surface area contributed by atoms with Crippen LogP contribution in [0.3, 0.4) is 0 Å². The highest BCUT2D eigenvalue weighted by Crippen LogP contribution is 2.38. The molecular formula is C15H23NS. The predicted octanol–water partition coefficient (Wildman–Crippen LogP) is 4.23. The summed E-state index contributed by atoms with van der Waals surface area (Å²) in [5.74, 6) is 1.27. The van der Waals surface area contributed by atoms with E-state index in [1.807, 2.05) is 11.8 Å². The van der Waals surface area contributed by atoms with Gasteiger partial charge in [0.2, 0.25) is 0 Å². The highest BCUT2D eigenvalue weighted by Gasteiger charge is 2.21. The molecule has 0 bridgehead atoms. The molecule has 0 saturated carbocycles.